The molecule has 0 heterocycles. The fourth-order valence-electron chi connectivity index (χ4n) is 0.982. The van der Waals surface area contributed by atoms with E-state index in [1.165, 1.54) is 12.1 Å². The molecule has 0 spiro atoms. The van der Waals surface area contributed by atoms with E-state index in [0.717, 1.165) is 6.07 Å². The van der Waals surface area contributed by atoms with E-state index in [-0.39, 0.29) is 17.7 Å². The van der Waals surface area contributed by atoms with Crippen molar-refractivity contribution < 1.29 is 19.0 Å². The average Bonchev–Trinajstić information content (AvgIpc) is 2.20. The lowest BCUT2D eigenvalue weighted by Crippen LogP contribution is -2.07. The van der Waals surface area contributed by atoms with Gasteiger partial charge in [-0.3, -0.25) is 0 Å². The number of hydrogen-bond donors (Lipinski definition) is 1. The molecular weight excluding hydrogens is 201 g/mol. The molecule has 1 aromatic carbocycles. The highest BCUT2D eigenvalue weighted by molar-refractivity contribution is 5.67. The Hall–Kier alpha value is -1.93. The third-order valence-electron chi connectivity index (χ3n) is 1.67. The molecule has 5 heteroatoms. The number of carbonyl (C=O) groups is 1. The number of rotatable bonds is 4. The number of benzene rings is 1. The minimum Gasteiger partial charge on any atom is -0.480 e. The molecule has 0 saturated carbocycles. The number of carboxylic acids is 1. The van der Waals surface area contributed by atoms with Crippen molar-refractivity contribution in [2.24, 2.45) is 0 Å². The zero-order valence-electron chi connectivity index (χ0n) is 7.74. The van der Waals surface area contributed by atoms with Crippen LogP contribution in [0.2, 0.25) is 0 Å². The van der Waals surface area contributed by atoms with Gasteiger partial charge in [-0.15, -0.1) is 0 Å². The van der Waals surface area contributed by atoms with Crippen LogP contribution in [0.3, 0.4) is 0 Å². The summed E-state index contributed by atoms with van der Waals surface area (Å²) < 4.78 is 17.9. The van der Waals surface area contributed by atoms with E-state index in [4.69, 9.17) is 15.1 Å². The third-order valence-corrected chi connectivity index (χ3v) is 1.67. The lowest BCUT2D eigenvalue weighted by Gasteiger charge is -2.03. The normalized spacial score (nSPS) is 9.60. The van der Waals surface area contributed by atoms with Gasteiger partial charge in [-0.25, -0.2) is 9.18 Å². The molecule has 1 N–H and O–H groups in total. The minimum absolute atomic E-state index is 0.121. The van der Waals surface area contributed by atoms with E-state index >= 15 is 0 Å². The molecule has 0 unspecified atom stereocenters. The Morgan fingerprint density at radius 2 is 2.33 bits per heavy atom. The average molecular weight is 209 g/mol. The highest BCUT2D eigenvalue weighted by Crippen LogP contribution is 2.10. The van der Waals surface area contributed by atoms with Crippen LogP contribution < -0.4 is 0 Å². The largest absolute Gasteiger partial charge is 0.480 e. The number of nitriles is 1. The van der Waals surface area contributed by atoms with Crippen molar-refractivity contribution in [2.75, 3.05) is 6.61 Å². The summed E-state index contributed by atoms with van der Waals surface area (Å²) in [6, 6.07) is 5.72. The van der Waals surface area contributed by atoms with E-state index < -0.39 is 18.4 Å². The first-order valence-electron chi connectivity index (χ1n) is 4.11. The zero-order valence-corrected chi connectivity index (χ0v) is 7.74. The van der Waals surface area contributed by atoms with Crippen LogP contribution in [0, 0.1) is 17.1 Å². The Morgan fingerprint density at radius 1 is 1.60 bits per heavy atom. The summed E-state index contributed by atoms with van der Waals surface area (Å²) in [5.74, 6) is -1.68. The molecule has 0 atom stereocenters. The molecule has 1 aromatic rings. The van der Waals surface area contributed by atoms with Gasteiger partial charge in [0.15, 0.2) is 0 Å². The predicted octanol–water partition coefficient (Wildman–Crippen LogP) is 1.30. The fourth-order valence-corrected chi connectivity index (χ4v) is 0.982. The third kappa shape index (κ3) is 3.37. The van der Waals surface area contributed by atoms with Crippen molar-refractivity contribution in [3.63, 3.8) is 0 Å². The Kier molecular flexibility index (Phi) is 3.77. The first-order chi connectivity index (χ1) is 7.13. The van der Waals surface area contributed by atoms with Crippen molar-refractivity contribution in [3.05, 3.63) is 35.1 Å². The Labute approximate surface area is 85.5 Å². The number of carboxylic acid groups (broad SMARTS) is 1. The van der Waals surface area contributed by atoms with Crippen LogP contribution in [0.25, 0.3) is 0 Å². The minimum atomic E-state index is -1.11. The number of aliphatic carboxylic acids is 1. The summed E-state index contributed by atoms with van der Waals surface area (Å²) in [4.78, 5) is 10.1. The van der Waals surface area contributed by atoms with Crippen molar-refractivity contribution in [1.82, 2.24) is 0 Å². The van der Waals surface area contributed by atoms with Gasteiger partial charge in [-0.2, -0.15) is 5.26 Å². The van der Waals surface area contributed by atoms with Gasteiger partial charge in [0, 0.05) is 5.56 Å². The molecule has 0 fully saturated rings. The van der Waals surface area contributed by atoms with E-state index in [9.17, 15) is 9.18 Å². The monoisotopic (exact) mass is 209 g/mol. The molecule has 4 nitrogen and oxygen atoms in total. The molecule has 0 aliphatic heterocycles. The summed E-state index contributed by atoms with van der Waals surface area (Å²) in [6.45, 7) is -0.594. The van der Waals surface area contributed by atoms with Crippen LogP contribution in [0.4, 0.5) is 4.39 Å². The maximum absolute atomic E-state index is 13.2. The van der Waals surface area contributed by atoms with Gasteiger partial charge >= 0.3 is 5.97 Å². The maximum atomic E-state index is 13.2. The Balaban J connectivity index is 2.63. The van der Waals surface area contributed by atoms with Gasteiger partial charge in [0.05, 0.1) is 18.2 Å². The quantitative estimate of drug-likeness (QED) is 0.811. The second kappa shape index (κ2) is 5.08. The number of ether oxygens (including phenoxy) is 1. The van der Waals surface area contributed by atoms with Crippen molar-refractivity contribution in [1.29, 1.82) is 5.26 Å². The van der Waals surface area contributed by atoms with Gasteiger partial charge in [0.2, 0.25) is 0 Å². The maximum Gasteiger partial charge on any atom is 0.329 e. The van der Waals surface area contributed by atoms with Crippen LogP contribution in [0.15, 0.2) is 18.2 Å². The second-order valence-electron chi connectivity index (χ2n) is 2.80. The second-order valence-corrected chi connectivity index (χ2v) is 2.80. The summed E-state index contributed by atoms with van der Waals surface area (Å²) in [6.07, 6.45) is 0. The SMILES string of the molecule is N#Cc1ccc(COCC(=O)O)c(F)c1. The van der Waals surface area contributed by atoms with Crippen LogP contribution in [0.1, 0.15) is 11.1 Å². The summed E-state index contributed by atoms with van der Waals surface area (Å²) in [5, 5.41) is 16.8. The molecule has 15 heavy (non-hydrogen) atoms. The Morgan fingerprint density at radius 3 is 2.87 bits per heavy atom. The van der Waals surface area contributed by atoms with Gasteiger partial charge in [0.1, 0.15) is 12.4 Å². The van der Waals surface area contributed by atoms with Crippen molar-refractivity contribution in [2.45, 2.75) is 6.61 Å². The summed E-state index contributed by atoms with van der Waals surface area (Å²) in [7, 11) is 0. The predicted molar refractivity (Wildman–Crippen MR) is 48.4 cm³/mol. The fraction of sp³-hybridized carbons (Fsp3) is 0.200. The standard InChI is InChI=1S/C10H8FNO3/c11-9-3-7(4-12)1-2-8(9)5-15-6-10(13)14/h1-3H,5-6H2,(H,13,14). The first-order valence-corrected chi connectivity index (χ1v) is 4.11. The first kappa shape index (κ1) is 11.1. The van der Waals surface area contributed by atoms with Crippen LogP contribution in [0.5, 0.6) is 0 Å². The van der Waals surface area contributed by atoms with Crippen molar-refractivity contribution in [3.8, 4) is 6.07 Å². The lowest BCUT2D eigenvalue weighted by molar-refractivity contribution is -0.142. The number of hydrogen-bond acceptors (Lipinski definition) is 3. The summed E-state index contributed by atoms with van der Waals surface area (Å²) >= 11 is 0. The van der Waals surface area contributed by atoms with Gasteiger partial charge in [-0.05, 0) is 12.1 Å². The molecule has 78 valence electrons. The molecule has 0 saturated heterocycles. The zero-order chi connectivity index (χ0) is 11.3. The highest BCUT2D eigenvalue weighted by Gasteiger charge is 2.04. The van der Waals surface area contributed by atoms with Gasteiger partial charge in [0.25, 0.3) is 0 Å². The molecule has 1 rings (SSSR count). The van der Waals surface area contributed by atoms with Crippen LogP contribution >= 0.6 is 0 Å². The lowest BCUT2D eigenvalue weighted by atomic mass is 10.1. The molecule has 0 aliphatic carbocycles. The molecular formula is C10H8FNO3. The van der Waals surface area contributed by atoms with Crippen molar-refractivity contribution >= 4 is 5.97 Å². The molecule has 0 aromatic heterocycles. The number of halogens is 1. The summed E-state index contributed by atoms with van der Waals surface area (Å²) in [5.41, 5.74) is 0.449. The van der Waals surface area contributed by atoms with Crippen LogP contribution in [-0.2, 0) is 16.1 Å². The number of nitrogens with zero attached hydrogens (tertiary/aromatic N) is 1. The van der Waals surface area contributed by atoms with E-state index in [1.807, 2.05) is 0 Å². The molecule has 0 bridgehead atoms. The molecule has 0 radical (unpaired) electrons. The van der Waals surface area contributed by atoms with E-state index in [0.29, 0.717) is 0 Å². The molecule has 0 aliphatic rings. The van der Waals surface area contributed by atoms with Gasteiger partial charge < -0.3 is 9.84 Å². The highest BCUT2D eigenvalue weighted by atomic mass is 19.1. The van der Waals surface area contributed by atoms with Crippen LogP contribution in [-0.4, -0.2) is 17.7 Å². The van der Waals surface area contributed by atoms with E-state index in [1.54, 1.807) is 6.07 Å². The smallest absolute Gasteiger partial charge is 0.329 e. The van der Waals surface area contributed by atoms with Gasteiger partial charge in [-0.1, -0.05) is 6.07 Å². The molecule has 0 amide bonds. The van der Waals surface area contributed by atoms with E-state index in [2.05, 4.69) is 0 Å². The Bertz CT molecular complexity index is 412. The topological polar surface area (TPSA) is 70.3 Å².